The van der Waals surface area contributed by atoms with Crippen LogP contribution in [0, 0.1) is 11.3 Å². The SMILES string of the molecule is CN1C2(CCCCC2)CC(CC(=O)NCCCC(C)(C)C)C12CCCCC2. The third kappa shape index (κ3) is 4.71. The van der Waals surface area contributed by atoms with Crippen LogP contribution in [-0.2, 0) is 4.79 Å². The van der Waals surface area contributed by atoms with Gasteiger partial charge in [-0.1, -0.05) is 59.3 Å². The third-order valence-electron chi connectivity index (χ3n) is 8.13. The first-order valence-corrected chi connectivity index (χ1v) is 11.8. The predicted molar refractivity (Wildman–Crippen MR) is 114 cm³/mol. The van der Waals surface area contributed by atoms with Gasteiger partial charge in [-0.05, 0) is 63.3 Å². The molecule has 0 bridgehead atoms. The van der Waals surface area contributed by atoms with E-state index < -0.39 is 0 Å². The molecule has 1 amide bonds. The molecule has 1 atom stereocenters. The number of carbonyl (C=O) groups is 1. The zero-order valence-electron chi connectivity index (χ0n) is 18.5. The lowest BCUT2D eigenvalue weighted by atomic mass is 9.71. The van der Waals surface area contributed by atoms with Crippen molar-refractivity contribution in [1.29, 1.82) is 0 Å². The summed E-state index contributed by atoms with van der Waals surface area (Å²) in [4.78, 5) is 15.6. The Kier molecular flexibility index (Phi) is 6.60. The summed E-state index contributed by atoms with van der Waals surface area (Å²) in [5.41, 5.74) is 1.06. The summed E-state index contributed by atoms with van der Waals surface area (Å²) in [5.74, 6) is 0.864. The van der Waals surface area contributed by atoms with E-state index in [2.05, 4.69) is 38.0 Å². The number of hydrogen-bond donors (Lipinski definition) is 1. The summed E-state index contributed by atoms with van der Waals surface area (Å²) in [7, 11) is 2.41. The molecule has 2 aliphatic carbocycles. The van der Waals surface area contributed by atoms with Gasteiger partial charge in [0.05, 0.1) is 0 Å². The first kappa shape index (κ1) is 21.1. The average molecular weight is 377 g/mol. The molecule has 0 aromatic carbocycles. The van der Waals surface area contributed by atoms with Crippen LogP contribution in [0.3, 0.4) is 0 Å². The summed E-state index contributed by atoms with van der Waals surface area (Å²) in [6, 6.07) is 0. The largest absolute Gasteiger partial charge is 0.356 e. The number of nitrogens with zero attached hydrogens (tertiary/aromatic N) is 1. The number of amides is 1. The van der Waals surface area contributed by atoms with E-state index in [0.717, 1.165) is 19.4 Å². The van der Waals surface area contributed by atoms with Crippen LogP contribution in [0.2, 0.25) is 0 Å². The van der Waals surface area contributed by atoms with Crippen LogP contribution in [0.15, 0.2) is 0 Å². The van der Waals surface area contributed by atoms with Crippen LogP contribution in [0.4, 0.5) is 0 Å². The molecule has 27 heavy (non-hydrogen) atoms. The fourth-order valence-electron chi connectivity index (χ4n) is 6.59. The number of nitrogens with one attached hydrogen (secondary N) is 1. The van der Waals surface area contributed by atoms with Crippen LogP contribution < -0.4 is 5.32 Å². The highest BCUT2D eigenvalue weighted by Crippen LogP contribution is 2.56. The average Bonchev–Trinajstić information content (AvgIpc) is 2.82. The van der Waals surface area contributed by atoms with E-state index in [9.17, 15) is 4.79 Å². The summed E-state index contributed by atoms with van der Waals surface area (Å²) >= 11 is 0. The van der Waals surface area contributed by atoms with Crippen LogP contribution in [-0.4, -0.2) is 35.5 Å². The molecule has 1 N–H and O–H groups in total. The van der Waals surface area contributed by atoms with E-state index in [0.29, 0.717) is 28.3 Å². The van der Waals surface area contributed by atoms with E-state index >= 15 is 0 Å². The smallest absolute Gasteiger partial charge is 0.220 e. The van der Waals surface area contributed by atoms with Gasteiger partial charge < -0.3 is 5.32 Å². The van der Waals surface area contributed by atoms with Crippen LogP contribution in [0.5, 0.6) is 0 Å². The van der Waals surface area contributed by atoms with Gasteiger partial charge >= 0.3 is 0 Å². The second-order valence-electron chi connectivity index (χ2n) is 11.1. The molecule has 3 heteroatoms. The van der Waals surface area contributed by atoms with Gasteiger partial charge in [0.25, 0.3) is 0 Å². The Balaban J connectivity index is 1.62. The lowest BCUT2D eigenvalue weighted by Gasteiger charge is -2.49. The molecule has 0 aromatic heterocycles. The summed E-state index contributed by atoms with van der Waals surface area (Å²) in [6.07, 6.45) is 17.9. The monoisotopic (exact) mass is 376 g/mol. The van der Waals surface area contributed by atoms with Gasteiger partial charge in [-0.2, -0.15) is 0 Å². The Bertz CT molecular complexity index is 495. The summed E-state index contributed by atoms with van der Waals surface area (Å²) in [5, 5.41) is 3.25. The lowest BCUT2D eigenvalue weighted by Crippen LogP contribution is -2.55. The molecule has 3 fully saturated rings. The first-order valence-electron chi connectivity index (χ1n) is 11.8. The molecule has 2 saturated carbocycles. The Morgan fingerprint density at radius 2 is 1.59 bits per heavy atom. The lowest BCUT2D eigenvalue weighted by molar-refractivity contribution is -0.123. The van der Waals surface area contributed by atoms with Crippen molar-refractivity contribution in [3.8, 4) is 0 Å². The van der Waals surface area contributed by atoms with Crippen molar-refractivity contribution in [1.82, 2.24) is 10.2 Å². The van der Waals surface area contributed by atoms with Crippen molar-refractivity contribution in [2.45, 2.75) is 122 Å². The standard InChI is InChI=1S/C24H44N2O/c1-22(2,3)12-11-17-25-21(27)18-20-19-23(13-7-5-8-14-23)26(4)24(20)15-9-6-10-16-24/h20H,5-19H2,1-4H3,(H,25,27). The minimum Gasteiger partial charge on any atom is -0.356 e. The molecular formula is C24H44N2O. The topological polar surface area (TPSA) is 32.3 Å². The maximum atomic E-state index is 12.8. The fourth-order valence-corrected chi connectivity index (χ4v) is 6.59. The summed E-state index contributed by atoms with van der Waals surface area (Å²) < 4.78 is 0. The van der Waals surface area contributed by atoms with E-state index in [1.807, 2.05) is 0 Å². The molecule has 3 rings (SSSR count). The van der Waals surface area contributed by atoms with E-state index in [1.165, 1.54) is 77.0 Å². The Morgan fingerprint density at radius 3 is 2.19 bits per heavy atom. The van der Waals surface area contributed by atoms with Gasteiger partial charge in [0.15, 0.2) is 0 Å². The maximum absolute atomic E-state index is 12.8. The normalized spacial score (nSPS) is 27.9. The quantitative estimate of drug-likeness (QED) is 0.626. The summed E-state index contributed by atoms with van der Waals surface area (Å²) in [6.45, 7) is 7.68. The van der Waals surface area contributed by atoms with Gasteiger partial charge in [-0.15, -0.1) is 0 Å². The van der Waals surface area contributed by atoms with Gasteiger partial charge in [0.1, 0.15) is 0 Å². The molecule has 1 aliphatic heterocycles. The molecule has 1 unspecified atom stereocenters. The van der Waals surface area contributed by atoms with Crippen LogP contribution >= 0.6 is 0 Å². The van der Waals surface area contributed by atoms with Crippen molar-refractivity contribution in [3.05, 3.63) is 0 Å². The van der Waals surface area contributed by atoms with E-state index in [4.69, 9.17) is 0 Å². The van der Waals surface area contributed by atoms with Crippen molar-refractivity contribution in [2.24, 2.45) is 11.3 Å². The van der Waals surface area contributed by atoms with Gasteiger partial charge in [0, 0.05) is 24.0 Å². The molecule has 2 spiro atoms. The van der Waals surface area contributed by atoms with Crippen LogP contribution in [0.1, 0.15) is 111 Å². The van der Waals surface area contributed by atoms with Gasteiger partial charge in [-0.25, -0.2) is 0 Å². The zero-order chi connectivity index (χ0) is 19.5. The minimum atomic E-state index is 0.304. The Labute approximate surface area is 168 Å². The molecular weight excluding hydrogens is 332 g/mol. The minimum absolute atomic E-state index is 0.304. The highest BCUT2D eigenvalue weighted by molar-refractivity contribution is 5.76. The van der Waals surface area contributed by atoms with Gasteiger partial charge in [-0.3, -0.25) is 9.69 Å². The van der Waals surface area contributed by atoms with Crippen molar-refractivity contribution >= 4 is 5.91 Å². The molecule has 1 saturated heterocycles. The maximum Gasteiger partial charge on any atom is 0.220 e. The number of rotatable bonds is 5. The predicted octanol–water partition coefficient (Wildman–Crippen LogP) is 5.68. The van der Waals surface area contributed by atoms with Crippen LogP contribution in [0.25, 0.3) is 0 Å². The first-order chi connectivity index (χ1) is 12.8. The second kappa shape index (κ2) is 8.43. The molecule has 156 valence electrons. The van der Waals surface area contributed by atoms with Crippen molar-refractivity contribution < 1.29 is 4.79 Å². The second-order valence-corrected chi connectivity index (χ2v) is 11.1. The Hall–Kier alpha value is -0.570. The number of carbonyl (C=O) groups excluding carboxylic acids is 1. The third-order valence-corrected chi connectivity index (χ3v) is 8.13. The molecule has 0 aromatic rings. The number of hydrogen-bond acceptors (Lipinski definition) is 2. The van der Waals surface area contributed by atoms with Crippen molar-refractivity contribution in [2.75, 3.05) is 13.6 Å². The highest BCUT2D eigenvalue weighted by atomic mass is 16.1. The highest BCUT2D eigenvalue weighted by Gasteiger charge is 2.58. The van der Waals surface area contributed by atoms with Gasteiger partial charge in [0.2, 0.25) is 5.91 Å². The Morgan fingerprint density at radius 1 is 1.00 bits per heavy atom. The van der Waals surface area contributed by atoms with E-state index in [1.54, 1.807) is 0 Å². The molecule has 0 radical (unpaired) electrons. The molecule has 3 aliphatic rings. The fraction of sp³-hybridized carbons (Fsp3) is 0.958. The molecule has 3 nitrogen and oxygen atoms in total. The zero-order valence-corrected chi connectivity index (χ0v) is 18.5. The number of likely N-dealkylation sites (tertiary alicyclic amines) is 1. The van der Waals surface area contributed by atoms with Crippen molar-refractivity contribution in [3.63, 3.8) is 0 Å². The van der Waals surface area contributed by atoms with E-state index in [-0.39, 0.29) is 0 Å². The molecule has 1 heterocycles.